The van der Waals surface area contributed by atoms with Gasteiger partial charge in [0, 0.05) is 6.04 Å². The zero-order chi connectivity index (χ0) is 11.3. The molecule has 2 nitrogen and oxygen atoms in total. The summed E-state index contributed by atoms with van der Waals surface area (Å²) in [7, 11) is 1.98. The summed E-state index contributed by atoms with van der Waals surface area (Å²) in [6.07, 6.45) is 1.27. The Morgan fingerprint density at radius 2 is 2.00 bits per heavy atom. The van der Waals surface area contributed by atoms with Crippen LogP contribution in [0.1, 0.15) is 25.8 Å². The van der Waals surface area contributed by atoms with E-state index >= 15 is 0 Å². The van der Waals surface area contributed by atoms with Crippen molar-refractivity contribution in [3.05, 3.63) is 29.8 Å². The van der Waals surface area contributed by atoms with Crippen LogP contribution in [-0.2, 0) is 0 Å². The number of nitrogens with one attached hydrogen (secondary N) is 1. The van der Waals surface area contributed by atoms with E-state index in [0.29, 0.717) is 6.04 Å². The van der Waals surface area contributed by atoms with Gasteiger partial charge in [0.1, 0.15) is 11.9 Å². The summed E-state index contributed by atoms with van der Waals surface area (Å²) < 4.78 is 5.93. The maximum Gasteiger partial charge on any atom is 0.122 e. The van der Waals surface area contributed by atoms with Crippen LogP contribution in [0.15, 0.2) is 24.3 Å². The molecule has 0 aliphatic heterocycles. The first-order valence-electron chi connectivity index (χ1n) is 5.58. The molecule has 0 aromatic heterocycles. The third-order valence-corrected chi connectivity index (χ3v) is 2.78. The molecule has 2 unspecified atom stereocenters. The second kappa shape index (κ2) is 5.76. The smallest absolute Gasteiger partial charge is 0.122 e. The highest BCUT2D eigenvalue weighted by molar-refractivity contribution is 5.31. The topological polar surface area (TPSA) is 21.3 Å². The zero-order valence-electron chi connectivity index (χ0n) is 10.1. The molecule has 1 aromatic carbocycles. The van der Waals surface area contributed by atoms with E-state index in [4.69, 9.17) is 4.74 Å². The number of para-hydroxylation sites is 1. The first-order valence-corrected chi connectivity index (χ1v) is 5.58. The van der Waals surface area contributed by atoms with Gasteiger partial charge < -0.3 is 10.1 Å². The summed E-state index contributed by atoms with van der Waals surface area (Å²) in [4.78, 5) is 0. The lowest BCUT2D eigenvalue weighted by atomic mass is 10.1. The summed E-state index contributed by atoms with van der Waals surface area (Å²) in [5.74, 6) is 0.985. The van der Waals surface area contributed by atoms with Gasteiger partial charge in [-0.05, 0) is 38.9 Å². The van der Waals surface area contributed by atoms with Gasteiger partial charge in [0.15, 0.2) is 0 Å². The number of rotatable bonds is 5. The number of ether oxygens (including phenoxy) is 1. The van der Waals surface area contributed by atoms with Crippen LogP contribution in [0.25, 0.3) is 0 Å². The molecule has 1 rings (SSSR count). The highest BCUT2D eigenvalue weighted by atomic mass is 16.5. The molecule has 0 aliphatic carbocycles. The van der Waals surface area contributed by atoms with E-state index in [2.05, 4.69) is 32.2 Å². The number of likely N-dealkylation sites (N-methyl/N-ethyl adjacent to an activating group) is 1. The zero-order valence-corrected chi connectivity index (χ0v) is 10.1. The molecule has 1 N–H and O–H groups in total. The summed E-state index contributed by atoms with van der Waals surface area (Å²) in [6.45, 7) is 6.35. The lowest BCUT2D eigenvalue weighted by Gasteiger charge is -2.24. The van der Waals surface area contributed by atoms with E-state index in [-0.39, 0.29) is 6.10 Å². The van der Waals surface area contributed by atoms with Crippen LogP contribution < -0.4 is 10.1 Å². The van der Waals surface area contributed by atoms with Crippen LogP contribution in [0, 0.1) is 6.92 Å². The third-order valence-electron chi connectivity index (χ3n) is 2.78. The molecule has 0 bridgehead atoms. The van der Waals surface area contributed by atoms with Gasteiger partial charge in [-0.15, -0.1) is 0 Å². The van der Waals surface area contributed by atoms with Crippen molar-refractivity contribution in [2.75, 3.05) is 7.05 Å². The Kier molecular flexibility index (Phi) is 4.63. The van der Waals surface area contributed by atoms with Gasteiger partial charge in [0.25, 0.3) is 0 Å². The molecule has 0 amide bonds. The van der Waals surface area contributed by atoms with E-state index in [0.717, 1.165) is 12.2 Å². The highest BCUT2D eigenvalue weighted by Crippen LogP contribution is 2.19. The molecular weight excluding hydrogens is 186 g/mol. The van der Waals surface area contributed by atoms with Crippen molar-refractivity contribution in [1.29, 1.82) is 0 Å². The van der Waals surface area contributed by atoms with E-state index in [9.17, 15) is 0 Å². The Hall–Kier alpha value is -1.02. The van der Waals surface area contributed by atoms with Crippen molar-refractivity contribution in [3.63, 3.8) is 0 Å². The predicted molar refractivity (Wildman–Crippen MR) is 64.4 cm³/mol. The minimum atomic E-state index is 0.195. The minimum absolute atomic E-state index is 0.195. The first-order chi connectivity index (χ1) is 7.19. The molecule has 2 heteroatoms. The van der Waals surface area contributed by atoms with Crippen LogP contribution in [0.3, 0.4) is 0 Å². The Morgan fingerprint density at radius 1 is 1.33 bits per heavy atom. The summed E-state index contributed by atoms with van der Waals surface area (Å²) >= 11 is 0. The van der Waals surface area contributed by atoms with E-state index < -0.39 is 0 Å². The van der Waals surface area contributed by atoms with Crippen molar-refractivity contribution in [1.82, 2.24) is 5.32 Å². The number of hydrogen-bond donors (Lipinski definition) is 1. The maximum atomic E-state index is 5.93. The molecule has 0 saturated heterocycles. The molecule has 0 radical (unpaired) electrons. The molecule has 0 saturated carbocycles. The molecule has 0 fully saturated rings. The fraction of sp³-hybridized carbons (Fsp3) is 0.538. The average Bonchev–Trinajstić information content (AvgIpc) is 2.23. The Morgan fingerprint density at radius 3 is 2.53 bits per heavy atom. The number of aryl methyl sites for hydroxylation is 1. The van der Waals surface area contributed by atoms with Crippen molar-refractivity contribution in [2.24, 2.45) is 0 Å². The van der Waals surface area contributed by atoms with Gasteiger partial charge in [-0.2, -0.15) is 0 Å². The molecule has 15 heavy (non-hydrogen) atoms. The molecule has 1 aromatic rings. The number of benzene rings is 1. The normalized spacial score (nSPS) is 14.7. The van der Waals surface area contributed by atoms with Gasteiger partial charge >= 0.3 is 0 Å². The lowest BCUT2D eigenvalue weighted by Crippen LogP contribution is -2.38. The number of hydrogen-bond acceptors (Lipinski definition) is 2. The SMILES string of the molecule is CCC(NC)C(C)Oc1ccccc1C. The molecule has 2 atom stereocenters. The second-order valence-electron chi connectivity index (χ2n) is 3.89. The molecule has 84 valence electrons. The van der Waals surface area contributed by atoms with E-state index in [1.54, 1.807) is 0 Å². The standard InChI is InChI=1S/C13H21NO/c1-5-12(14-4)11(3)15-13-9-7-6-8-10(13)2/h6-9,11-12,14H,5H2,1-4H3. The Labute approximate surface area is 92.6 Å². The van der Waals surface area contributed by atoms with Crippen molar-refractivity contribution >= 4 is 0 Å². The van der Waals surface area contributed by atoms with Crippen molar-refractivity contribution < 1.29 is 4.74 Å². The van der Waals surface area contributed by atoms with Gasteiger partial charge in [-0.1, -0.05) is 25.1 Å². The van der Waals surface area contributed by atoms with Gasteiger partial charge in [0.05, 0.1) is 0 Å². The van der Waals surface area contributed by atoms with Crippen molar-refractivity contribution in [3.8, 4) is 5.75 Å². The minimum Gasteiger partial charge on any atom is -0.489 e. The van der Waals surface area contributed by atoms with E-state index in [1.807, 2.05) is 25.2 Å². The van der Waals surface area contributed by atoms with Gasteiger partial charge in [0.2, 0.25) is 0 Å². The van der Waals surface area contributed by atoms with Crippen LogP contribution in [0.5, 0.6) is 5.75 Å². The molecule has 0 heterocycles. The largest absolute Gasteiger partial charge is 0.489 e. The maximum absolute atomic E-state index is 5.93. The quantitative estimate of drug-likeness (QED) is 0.801. The summed E-state index contributed by atoms with van der Waals surface area (Å²) in [6, 6.07) is 8.54. The monoisotopic (exact) mass is 207 g/mol. The summed E-state index contributed by atoms with van der Waals surface area (Å²) in [5.41, 5.74) is 1.19. The fourth-order valence-corrected chi connectivity index (χ4v) is 1.74. The fourth-order valence-electron chi connectivity index (χ4n) is 1.74. The van der Waals surface area contributed by atoms with Crippen LogP contribution in [0.2, 0.25) is 0 Å². The van der Waals surface area contributed by atoms with Crippen LogP contribution >= 0.6 is 0 Å². The average molecular weight is 207 g/mol. The van der Waals surface area contributed by atoms with Crippen molar-refractivity contribution in [2.45, 2.75) is 39.3 Å². The van der Waals surface area contributed by atoms with Gasteiger partial charge in [-0.3, -0.25) is 0 Å². The first kappa shape index (κ1) is 12.1. The summed E-state index contributed by atoms with van der Waals surface area (Å²) in [5, 5.41) is 3.27. The Balaban J connectivity index is 2.65. The molecule has 0 aliphatic rings. The molecule has 0 spiro atoms. The van der Waals surface area contributed by atoms with E-state index in [1.165, 1.54) is 5.56 Å². The lowest BCUT2D eigenvalue weighted by molar-refractivity contribution is 0.171. The van der Waals surface area contributed by atoms with Crippen LogP contribution in [-0.4, -0.2) is 19.2 Å². The second-order valence-corrected chi connectivity index (χ2v) is 3.89. The van der Waals surface area contributed by atoms with Crippen LogP contribution in [0.4, 0.5) is 0 Å². The van der Waals surface area contributed by atoms with Gasteiger partial charge in [-0.25, -0.2) is 0 Å². The Bertz CT molecular complexity index is 294. The third kappa shape index (κ3) is 3.24. The predicted octanol–water partition coefficient (Wildman–Crippen LogP) is 2.76. The molecular formula is C13H21NO. The highest BCUT2D eigenvalue weighted by Gasteiger charge is 2.15.